The van der Waals surface area contributed by atoms with E-state index in [0.717, 1.165) is 12.8 Å². The highest BCUT2D eigenvalue weighted by molar-refractivity contribution is 5.85. The van der Waals surface area contributed by atoms with Gasteiger partial charge in [0.25, 0.3) is 5.69 Å². The van der Waals surface area contributed by atoms with Crippen LogP contribution < -0.4 is 5.73 Å². The summed E-state index contributed by atoms with van der Waals surface area (Å²) in [6.45, 7) is 2.04. The van der Waals surface area contributed by atoms with E-state index in [0.29, 0.717) is 12.0 Å². The topological polar surface area (TPSA) is 89.4 Å². The largest absolute Gasteiger partial charge is 0.508 e. The van der Waals surface area contributed by atoms with E-state index in [2.05, 4.69) is 0 Å². The van der Waals surface area contributed by atoms with Crippen LogP contribution in [0.15, 0.2) is 18.2 Å². The molecule has 0 saturated carbocycles. The molecule has 0 saturated heterocycles. The number of non-ortho nitro benzene ring substituents is 1. The summed E-state index contributed by atoms with van der Waals surface area (Å²) >= 11 is 0. The minimum Gasteiger partial charge on any atom is -0.508 e. The van der Waals surface area contributed by atoms with E-state index in [1.807, 2.05) is 6.92 Å². The molecule has 0 fully saturated rings. The first-order chi connectivity index (χ1) is 7.56. The van der Waals surface area contributed by atoms with Gasteiger partial charge in [-0.3, -0.25) is 10.1 Å². The number of rotatable bonds is 5. The standard InChI is InChI=1S/C11H16N2O3.ClH/c1-2-3-4-10(12)9-7-8(13(15)16)5-6-11(9)14;/h5-7,10,14H,2-4,12H2,1H3;1H/t10-;/m0./s1. The Kier molecular flexibility index (Phi) is 6.53. The zero-order valence-electron chi connectivity index (χ0n) is 9.63. The summed E-state index contributed by atoms with van der Waals surface area (Å²) < 4.78 is 0. The lowest BCUT2D eigenvalue weighted by Gasteiger charge is -2.12. The fourth-order valence-electron chi connectivity index (χ4n) is 1.53. The van der Waals surface area contributed by atoms with E-state index in [9.17, 15) is 15.2 Å². The van der Waals surface area contributed by atoms with Gasteiger partial charge in [0.05, 0.1) is 4.92 Å². The number of nitrogens with zero attached hydrogens (tertiary/aromatic N) is 1. The van der Waals surface area contributed by atoms with E-state index in [-0.39, 0.29) is 29.9 Å². The zero-order valence-corrected chi connectivity index (χ0v) is 10.4. The van der Waals surface area contributed by atoms with Gasteiger partial charge in [-0.15, -0.1) is 12.4 Å². The summed E-state index contributed by atoms with van der Waals surface area (Å²) in [5.41, 5.74) is 6.27. The fraction of sp³-hybridized carbons (Fsp3) is 0.455. The Bertz CT molecular complexity index is 385. The highest BCUT2D eigenvalue weighted by Gasteiger charge is 2.15. The fourth-order valence-corrected chi connectivity index (χ4v) is 1.53. The first kappa shape index (κ1) is 15.7. The second kappa shape index (κ2) is 7.09. The number of phenolic OH excluding ortho intramolecular Hbond substituents is 1. The van der Waals surface area contributed by atoms with E-state index in [4.69, 9.17) is 5.73 Å². The van der Waals surface area contributed by atoms with Crippen LogP contribution in [-0.4, -0.2) is 10.0 Å². The molecule has 6 heteroatoms. The number of nitrogens with two attached hydrogens (primary N) is 1. The van der Waals surface area contributed by atoms with Crippen molar-refractivity contribution in [2.24, 2.45) is 5.73 Å². The number of nitro groups is 1. The van der Waals surface area contributed by atoms with Crippen LogP contribution in [0.25, 0.3) is 0 Å². The van der Waals surface area contributed by atoms with E-state index in [1.165, 1.54) is 18.2 Å². The van der Waals surface area contributed by atoms with Crippen LogP contribution in [0, 0.1) is 10.1 Å². The number of benzene rings is 1. The Morgan fingerprint density at radius 1 is 1.53 bits per heavy atom. The Labute approximate surface area is 106 Å². The summed E-state index contributed by atoms with van der Waals surface area (Å²) in [5, 5.41) is 20.2. The van der Waals surface area contributed by atoms with E-state index < -0.39 is 4.92 Å². The maximum absolute atomic E-state index is 10.6. The van der Waals surface area contributed by atoms with Crippen molar-refractivity contribution in [3.05, 3.63) is 33.9 Å². The molecule has 0 heterocycles. The summed E-state index contributed by atoms with van der Waals surface area (Å²) in [6.07, 6.45) is 2.65. The minimum absolute atomic E-state index is 0. The molecule has 0 unspecified atom stereocenters. The maximum Gasteiger partial charge on any atom is 0.270 e. The van der Waals surface area contributed by atoms with Gasteiger partial charge in [0.2, 0.25) is 0 Å². The van der Waals surface area contributed by atoms with E-state index >= 15 is 0 Å². The number of halogens is 1. The SMILES string of the molecule is CCCC[C@H](N)c1cc([N+](=O)[O-])ccc1O.Cl. The van der Waals surface area contributed by atoms with Crippen molar-refractivity contribution in [3.63, 3.8) is 0 Å². The number of hydrogen-bond acceptors (Lipinski definition) is 4. The average Bonchev–Trinajstić information content (AvgIpc) is 2.26. The normalized spacial score (nSPS) is 11.6. The van der Waals surface area contributed by atoms with Gasteiger partial charge in [-0.2, -0.15) is 0 Å². The summed E-state index contributed by atoms with van der Waals surface area (Å²) in [5.74, 6) is 0.0224. The lowest BCUT2D eigenvalue weighted by molar-refractivity contribution is -0.385. The first-order valence-electron chi connectivity index (χ1n) is 5.29. The monoisotopic (exact) mass is 260 g/mol. The maximum atomic E-state index is 10.6. The Hall–Kier alpha value is -1.33. The predicted octanol–water partition coefficient (Wildman–Crippen LogP) is 2.91. The smallest absolute Gasteiger partial charge is 0.270 e. The molecule has 0 amide bonds. The molecule has 1 aromatic carbocycles. The number of hydrogen-bond donors (Lipinski definition) is 2. The molecule has 0 aromatic heterocycles. The minimum atomic E-state index is -0.491. The van der Waals surface area contributed by atoms with Gasteiger partial charge in [-0.1, -0.05) is 19.8 Å². The van der Waals surface area contributed by atoms with Crippen molar-refractivity contribution in [1.29, 1.82) is 0 Å². The quantitative estimate of drug-likeness (QED) is 0.629. The third-order valence-corrected chi connectivity index (χ3v) is 2.49. The van der Waals surface area contributed by atoms with Gasteiger partial charge in [0.1, 0.15) is 5.75 Å². The van der Waals surface area contributed by atoms with Gasteiger partial charge >= 0.3 is 0 Å². The molecule has 3 N–H and O–H groups in total. The lowest BCUT2D eigenvalue weighted by Crippen LogP contribution is -2.10. The summed E-state index contributed by atoms with van der Waals surface area (Å²) in [4.78, 5) is 10.1. The molecule has 0 aliphatic carbocycles. The highest BCUT2D eigenvalue weighted by Crippen LogP contribution is 2.29. The van der Waals surface area contributed by atoms with Gasteiger partial charge in [-0.05, 0) is 12.5 Å². The molecular weight excluding hydrogens is 244 g/mol. The van der Waals surface area contributed by atoms with Crippen molar-refractivity contribution in [2.75, 3.05) is 0 Å². The van der Waals surface area contributed by atoms with Crippen LogP contribution in [-0.2, 0) is 0 Å². The molecule has 17 heavy (non-hydrogen) atoms. The van der Waals surface area contributed by atoms with Crippen molar-refractivity contribution in [2.45, 2.75) is 32.2 Å². The second-order valence-electron chi connectivity index (χ2n) is 3.75. The lowest BCUT2D eigenvalue weighted by atomic mass is 10.0. The van der Waals surface area contributed by atoms with Crippen LogP contribution in [0.4, 0.5) is 5.69 Å². The predicted molar refractivity (Wildman–Crippen MR) is 68.5 cm³/mol. The summed E-state index contributed by atoms with van der Waals surface area (Å²) in [7, 11) is 0. The van der Waals surface area contributed by atoms with Crippen LogP contribution in [0.5, 0.6) is 5.75 Å². The summed E-state index contributed by atoms with van der Waals surface area (Å²) in [6, 6.07) is 3.58. The Balaban J connectivity index is 0.00000256. The van der Waals surface area contributed by atoms with E-state index in [1.54, 1.807) is 0 Å². The molecule has 1 atom stereocenters. The van der Waals surface area contributed by atoms with Crippen molar-refractivity contribution >= 4 is 18.1 Å². The van der Waals surface area contributed by atoms with Crippen LogP contribution in [0.1, 0.15) is 37.8 Å². The molecule has 0 bridgehead atoms. The number of nitro benzene ring substituents is 1. The first-order valence-corrected chi connectivity index (χ1v) is 5.29. The third kappa shape index (κ3) is 4.20. The van der Waals surface area contributed by atoms with Gasteiger partial charge in [-0.25, -0.2) is 0 Å². The molecule has 0 aliphatic rings. The molecule has 0 aliphatic heterocycles. The van der Waals surface area contributed by atoms with Crippen molar-refractivity contribution < 1.29 is 10.0 Å². The molecule has 0 radical (unpaired) electrons. The van der Waals surface area contributed by atoms with Crippen molar-refractivity contribution in [3.8, 4) is 5.75 Å². The Morgan fingerprint density at radius 2 is 2.18 bits per heavy atom. The molecule has 5 nitrogen and oxygen atoms in total. The molecule has 96 valence electrons. The van der Waals surface area contributed by atoms with Gasteiger partial charge in [0, 0.05) is 23.7 Å². The third-order valence-electron chi connectivity index (χ3n) is 2.49. The molecule has 1 aromatic rings. The second-order valence-corrected chi connectivity index (χ2v) is 3.75. The molecular formula is C11H17ClN2O3. The number of unbranched alkanes of at least 4 members (excludes halogenated alkanes) is 1. The highest BCUT2D eigenvalue weighted by atomic mass is 35.5. The zero-order chi connectivity index (χ0) is 12.1. The Morgan fingerprint density at radius 3 is 2.71 bits per heavy atom. The van der Waals surface area contributed by atoms with Crippen LogP contribution in [0.2, 0.25) is 0 Å². The van der Waals surface area contributed by atoms with Gasteiger partial charge < -0.3 is 10.8 Å². The molecule has 1 rings (SSSR count). The molecule has 0 spiro atoms. The number of phenols is 1. The van der Waals surface area contributed by atoms with Gasteiger partial charge in [0.15, 0.2) is 0 Å². The van der Waals surface area contributed by atoms with Crippen LogP contribution >= 0.6 is 12.4 Å². The number of aromatic hydroxyl groups is 1. The average molecular weight is 261 g/mol. The van der Waals surface area contributed by atoms with Crippen LogP contribution in [0.3, 0.4) is 0 Å². The van der Waals surface area contributed by atoms with Crippen molar-refractivity contribution in [1.82, 2.24) is 0 Å².